The van der Waals surface area contributed by atoms with Gasteiger partial charge in [-0.05, 0) is 55.0 Å². The third-order valence-corrected chi connectivity index (χ3v) is 2.87. The third kappa shape index (κ3) is 2.91. The van der Waals surface area contributed by atoms with Gasteiger partial charge in [-0.1, -0.05) is 0 Å². The van der Waals surface area contributed by atoms with Crippen LogP contribution in [0, 0.1) is 12.7 Å². The molecule has 0 spiro atoms. The molecule has 0 aliphatic rings. The van der Waals surface area contributed by atoms with Crippen molar-refractivity contribution in [3.8, 4) is 0 Å². The number of aryl methyl sites for hydroxylation is 1. The zero-order chi connectivity index (χ0) is 14.0. The molecule has 0 fully saturated rings. The van der Waals surface area contributed by atoms with E-state index < -0.39 is 5.82 Å². The lowest BCUT2D eigenvalue weighted by Gasteiger charge is -2.18. The van der Waals surface area contributed by atoms with Gasteiger partial charge in [-0.15, -0.1) is 0 Å². The minimum atomic E-state index is -0.408. The number of nitrogen functional groups attached to an aromatic ring is 1. The van der Waals surface area contributed by atoms with Crippen LogP contribution in [0.5, 0.6) is 0 Å². The number of rotatable bonds is 2. The fourth-order valence-corrected chi connectivity index (χ4v) is 1.87. The van der Waals surface area contributed by atoms with Gasteiger partial charge in [-0.2, -0.15) is 0 Å². The van der Waals surface area contributed by atoms with Gasteiger partial charge in [0.15, 0.2) is 0 Å². The van der Waals surface area contributed by atoms with Gasteiger partial charge in [-0.3, -0.25) is 4.79 Å². The molecule has 0 aliphatic heterocycles. The molecule has 0 heterocycles. The van der Waals surface area contributed by atoms with E-state index in [9.17, 15) is 9.18 Å². The van der Waals surface area contributed by atoms with Crippen molar-refractivity contribution in [1.82, 2.24) is 0 Å². The highest BCUT2D eigenvalue weighted by Crippen LogP contribution is 2.18. The maximum Gasteiger partial charge on any atom is 0.258 e. The van der Waals surface area contributed by atoms with E-state index in [4.69, 9.17) is 5.73 Å². The van der Waals surface area contributed by atoms with Gasteiger partial charge in [-0.25, -0.2) is 4.39 Å². The molecule has 0 aliphatic carbocycles. The van der Waals surface area contributed by atoms with Crippen LogP contribution in [0.4, 0.5) is 15.8 Å². The maximum absolute atomic E-state index is 13.3. The van der Waals surface area contributed by atoms with Crippen LogP contribution in [0.25, 0.3) is 0 Å². The fraction of sp³-hybridized carbons (Fsp3) is 0.133. The lowest BCUT2D eigenvalue weighted by Crippen LogP contribution is -2.26. The zero-order valence-corrected chi connectivity index (χ0v) is 10.9. The zero-order valence-electron chi connectivity index (χ0n) is 10.9. The first kappa shape index (κ1) is 13.1. The van der Waals surface area contributed by atoms with Crippen LogP contribution in [0.2, 0.25) is 0 Å². The molecule has 0 saturated heterocycles. The smallest absolute Gasteiger partial charge is 0.258 e. The van der Waals surface area contributed by atoms with E-state index in [1.54, 1.807) is 44.3 Å². The minimum absolute atomic E-state index is 0.257. The average Bonchev–Trinajstić information content (AvgIpc) is 2.37. The van der Waals surface area contributed by atoms with E-state index in [0.717, 1.165) is 0 Å². The van der Waals surface area contributed by atoms with Crippen molar-refractivity contribution in [2.45, 2.75) is 6.92 Å². The number of carbonyl (C=O) groups excluding carboxylic acids is 1. The van der Waals surface area contributed by atoms with Gasteiger partial charge < -0.3 is 10.6 Å². The molecular weight excluding hydrogens is 243 g/mol. The van der Waals surface area contributed by atoms with Crippen LogP contribution in [0.1, 0.15) is 15.9 Å². The van der Waals surface area contributed by atoms with Gasteiger partial charge in [0.2, 0.25) is 0 Å². The Balaban J connectivity index is 2.30. The molecule has 1 amide bonds. The molecule has 0 bridgehead atoms. The van der Waals surface area contributed by atoms with Crippen molar-refractivity contribution in [1.29, 1.82) is 0 Å². The van der Waals surface area contributed by atoms with Crippen LogP contribution in [0.3, 0.4) is 0 Å². The van der Waals surface area contributed by atoms with Crippen LogP contribution in [-0.2, 0) is 0 Å². The number of carbonyl (C=O) groups is 1. The summed E-state index contributed by atoms with van der Waals surface area (Å²) < 4.78 is 13.3. The number of hydrogen-bond acceptors (Lipinski definition) is 2. The van der Waals surface area contributed by atoms with Crippen LogP contribution in [0.15, 0.2) is 42.5 Å². The molecule has 0 unspecified atom stereocenters. The molecule has 3 nitrogen and oxygen atoms in total. The average molecular weight is 258 g/mol. The Kier molecular flexibility index (Phi) is 3.51. The van der Waals surface area contributed by atoms with Crippen molar-refractivity contribution in [2.75, 3.05) is 17.7 Å². The van der Waals surface area contributed by atoms with Crippen molar-refractivity contribution in [3.63, 3.8) is 0 Å². The normalized spacial score (nSPS) is 10.3. The predicted molar refractivity (Wildman–Crippen MR) is 74.7 cm³/mol. The summed E-state index contributed by atoms with van der Waals surface area (Å²) in [5.74, 6) is -0.665. The monoisotopic (exact) mass is 258 g/mol. The Morgan fingerprint density at radius 1 is 1.16 bits per heavy atom. The van der Waals surface area contributed by atoms with Crippen LogP contribution >= 0.6 is 0 Å². The number of hydrogen-bond donors (Lipinski definition) is 1. The summed E-state index contributed by atoms with van der Waals surface area (Å²) in [5, 5.41) is 0. The number of halogens is 1. The van der Waals surface area contributed by atoms with Gasteiger partial charge in [0, 0.05) is 24.0 Å². The van der Waals surface area contributed by atoms with E-state index in [0.29, 0.717) is 22.5 Å². The first-order valence-corrected chi connectivity index (χ1v) is 5.88. The Labute approximate surface area is 111 Å². The van der Waals surface area contributed by atoms with Gasteiger partial charge in [0.1, 0.15) is 5.82 Å². The quantitative estimate of drug-likeness (QED) is 0.842. The summed E-state index contributed by atoms with van der Waals surface area (Å²) in [5.41, 5.74) is 7.99. The van der Waals surface area contributed by atoms with E-state index >= 15 is 0 Å². The second-order valence-electron chi connectivity index (χ2n) is 4.47. The number of nitrogens with two attached hydrogens (primary N) is 1. The molecule has 0 aromatic heterocycles. The highest BCUT2D eigenvalue weighted by Gasteiger charge is 2.14. The summed E-state index contributed by atoms with van der Waals surface area (Å²) >= 11 is 0. The molecule has 2 rings (SSSR count). The maximum atomic E-state index is 13.3. The highest BCUT2D eigenvalue weighted by molar-refractivity contribution is 6.05. The SMILES string of the molecule is Cc1cc(F)cc(C(=O)N(C)c2ccc(N)cc2)c1. The molecule has 0 atom stereocenters. The van der Waals surface area contributed by atoms with Crippen molar-refractivity contribution in [3.05, 3.63) is 59.4 Å². The standard InChI is InChI=1S/C15H15FN2O/c1-10-7-11(9-12(16)8-10)15(19)18(2)14-5-3-13(17)4-6-14/h3-9H,17H2,1-2H3. The number of benzene rings is 2. The van der Waals surface area contributed by atoms with E-state index in [2.05, 4.69) is 0 Å². The number of nitrogens with zero attached hydrogens (tertiary/aromatic N) is 1. The molecular formula is C15H15FN2O. The molecule has 0 saturated carbocycles. The second kappa shape index (κ2) is 5.10. The summed E-state index contributed by atoms with van der Waals surface area (Å²) in [6.45, 7) is 1.75. The molecule has 2 N–H and O–H groups in total. The topological polar surface area (TPSA) is 46.3 Å². The van der Waals surface area contributed by atoms with E-state index in [-0.39, 0.29) is 5.91 Å². The van der Waals surface area contributed by atoms with Crippen molar-refractivity contribution < 1.29 is 9.18 Å². The van der Waals surface area contributed by atoms with Crippen molar-refractivity contribution >= 4 is 17.3 Å². The van der Waals surface area contributed by atoms with Gasteiger partial charge in [0.25, 0.3) is 5.91 Å². The van der Waals surface area contributed by atoms with E-state index in [1.165, 1.54) is 17.0 Å². The molecule has 2 aromatic rings. The largest absolute Gasteiger partial charge is 0.399 e. The first-order chi connectivity index (χ1) is 8.97. The lowest BCUT2D eigenvalue weighted by atomic mass is 10.1. The second-order valence-corrected chi connectivity index (χ2v) is 4.47. The van der Waals surface area contributed by atoms with Crippen molar-refractivity contribution in [2.24, 2.45) is 0 Å². The van der Waals surface area contributed by atoms with E-state index in [1.807, 2.05) is 0 Å². The molecule has 4 heteroatoms. The minimum Gasteiger partial charge on any atom is -0.399 e. The molecule has 19 heavy (non-hydrogen) atoms. The summed E-state index contributed by atoms with van der Waals surface area (Å²) in [6, 6.07) is 11.2. The number of anilines is 2. The summed E-state index contributed by atoms with van der Waals surface area (Å²) in [4.78, 5) is 13.7. The molecule has 2 aromatic carbocycles. The highest BCUT2D eigenvalue weighted by atomic mass is 19.1. The number of amides is 1. The van der Waals surface area contributed by atoms with Crippen LogP contribution < -0.4 is 10.6 Å². The Bertz CT molecular complexity index is 588. The Hall–Kier alpha value is -2.36. The molecule has 0 radical (unpaired) electrons. The molecule has 98 valence electrons. The Morgan fingerprint density at radius 3 is 2.37 bits per heavy atom. The lowest BCUT2D eigenvalue weighted by molar-refractivity contribution is 0.0992. The van der Waals surface area contributed by atoms with Crippen LogP contribution in [-0.4, -0.2) is 13.0 Å². The summed E-state index contributed by atoms with van der Waals surface area (Å²) in [7, 11) is 1.65. The third-order valence-electron chi connectivity index (χ3n) is 2.87. The summed E-state index contributed by atoms with van der Waals surface area (Å²) in [6.07, 6.45) is 0. The fourth-order valence-electron chi connectivity index (χ4n) is 1.87. The van der Waals surface area contributed by atoms with Gasteiger partial charge >= 0.3 is 0 Å². The van der Waals surface area contributed by atoms with Gasteiger partial charge in [0.05, 0.1) is 0 Å². The first-order valence-electron chi connectivity index (χ1n) is 5.88. The predicted octanol–water partition coefficient (Wildman–Crippen LogP) is 2.99. The Morgan fingerprint density at radius 2 is 1.79 bits per heavy atom.